The third-order valence-electron chi connectivity index (χ3n) is 0.774. The minimum atomic E-state index is 0.904. The van der Waals surface area contributed by atoms with Crippen molar-refractivity contribution in [2.75, 3.05) is 13.1 Å². The first-order chi connectivity index (χ1) is 2.89. The van der Waals surface area contributed by atoms with E-state index in [0.29, 0.717) is 0 Å². The Morgan fingerprint density at radius 1 is 1.33 bits per heavy atom. The Bertz CT molecular complexity index is 61.9. The Balaban J connectivity index is 2.32. The van der Waals surface area contributed by atoms with Gasteiger partial charge >= 0.3 is 0 Å². The second kappa shape index (κ2) is 1.63. The summed E-state index contributed by atoms with van der Waals surface area (Å²) in [5.74, 6) is 0. The van der Waals surface area contributed by atoms with Gasteiger partial charge in [0.2, 0.25) is 0 Å². The highest BCUT2D eigenvalue weighted by molar-refractivity contribution is 6.13. The minimum Gasteiger partial charge on any atom is -0.213 e. The van der Waals surface area contributed by atoms with Crippen LogP contribution < -0.4 is 0 Å². The summed E-state index contributed by atoms with van der Waals surface area (Å²) in [5.41, 5.74) is 0. The van der Waals surface area contributed by atoms with E-state index in [-0.39, 0.29) is 0 Å². The molecular weight excluding hydrogens is 97.5 g/mol. The van der Waals surface area contributed by atoms with Crippen molar-refractivity contribution in [1.29, 1.82) is 0 Å². The van der Waals surface area contributed by atoms with Crippen LogP contribution in [-0.2, 0) is 0 Å². The highest BCUT2D eigenvalue weighted by Gasteiger charge is 1.97. The summed E-state index contributed by atoms with van der Waals surface area (Å²) in [4.78, 5) is 0. The molecule has 0 radical (unpaired) electrons. The number of rotatable bonds is 0. The van der Waals surface area contributed by atoms with E-state index in [1.807, 2.05) is 12.2 Å². The fraction of sp³-hybridized carbons (Fsp3) is 0.500. The zero-order valence-corrected chi connectivity index (χ0v) is 4.15. The van der Waals surface area contributed by atoms with Crippen molar-refractivity contribution in [2.45, 2.75) is 0 Å². The lowest BCUT2D eigenvalue weighted by atomic mass is 10.6. The monoisotopic (exact) mass is 103 g/mol. The van der Waals surface area contributed by atoms with Crippen LogP contribution in [0.2, 0.25) is 0 Å². The van der Waals surface area contributed by atoms with Crippen molar-refractivity contribution >= 4 is 11.8 Å². The summed E-state index contributed by atoms with van der Waals surface area (Å²) in [7, 11) is 0. The van der Waals surface area contributed by atoms with Crippen LogP contribution in [0.3, 0.4) is 0 Å². The largest absolute Gasteiger partial charge is 0.213 e. The molecule has 1 aliphatic rings. The average Bonchev–Trinajstić information content (AvgIpc) is 1.86. The maximum atomic E-state index is 5.48. The molecule has 34 valence electrons. The Labute approximate surface area is 42.3 Å². The molecule has 0 aromatic rings. The van der Waals surface area contributed by atoms with E-state index in [1.165, 1.54) is 0 Å². The maximum absolute atomic E-state index is 5.48. The van der Waals surface area contributed by atoms with Gasteiger partial charge in [0.15, 0.2) is 0 Å². The third-order valence-corrected chi connectivity index (χ3v) is 1.05. The van der Waals surface area contributed by atoms with E-state index in [4.69, 9.17) is 11.8 Å². The predicted molar refractivity (Wildman–Crippen MR) is 26.6 cm³/mol. The smallest absolute Gasteiger partial charge is 0.0323 e. The minimum absolute atomic E-state index is 0.904. The molecule has 1 heterocycles. The van der Waals surface area contributed by atoms with Crippen LogP contribution in [0.25, 0.3) is 0 Å². The van der Waals surface area contributed by atoms with E-state index in [1.54, 1.807) is 4.42 Å². The summed E-state index contributed by atoms with van der Waals surface area (Å²) < 4.78 is 1.72. The Morgan fingerprint density at radius 3 is 2.00 bits per heavy atom. The van der Waals surface area contributed by atoms with Crippen molar-refractivity contribution in [1.82, 2.24) is 4.42 Å². The van der Waals surface area contributed by atoms with Crippen LogP contribution in [0, 0.1) is 0 Å². The summed E-state index contributed by atoms with van der Waals surface area (Å²) in [6, 6.07) is 0. The fourth-order valence-corrected chi connectivity index (χ4v) is 0.612. The van der Waals surface area contributed by atoms with Crippen LogP contribution in [-0.4, -0.2) is 17.5 Å². The lowest BCUT2D eigenvalue weighted by Crippen LogP contribution is -2.03. The van der Waals surface area contributed by atoms with Gasteiger partial charge in [0.1, 0.15) is 0 Å². The molecule has 0 spiro atoms. The van der Waals surface area contributed by atoms with Crippen LogP contribution in [0.4, 0.5) is 0 Å². The third kappa shape index (κ3) is 0.730. The molecule has 0 N–H and O–H groups in total. The van der Waals surface area contributed by atoms with Gasteiger partial charge in [-0.25, -0.2) is 4.42 Å². The first-order valence-electron chi connectivity index (χ1n) is 1.95. The first-order valence-corrected chi connectivity index (χ1v) is 2.29. The van der Waals surface area contributed by atoms with Crippen molar-refractivity contribution in [3.8, 4) is 0 Å². The van der Waals surface area contributed by atoms with Gasteiger partial charge in [-0.15, -0.1) is 0 Å². The molecule has 1 nitrogen and oxygen atoms in total. The molecule has 0 aromatic carbocycles. The number of hydrogen-bond acceptors (Lipinski definition) is 1. The Kier molecular flexibility index (Phi) is 1.13. The molecule has 2 heteroatoms. The van der Waals surface area contributed by atoms with Crippen molar-refractivity contribution < 1.29 is 0 Å². The molecule has 0 fully saturated rings. The van der Waals surface area contributed by atoms with Gasteiger partial charge in [0.05, 0.1) is 0 Å². The molecule has 6 heavy (non-hydrogen) atoms. The van der Waals surface area contributed by atoms with Crippen LogP contribution in [0.15, 0.2) is 12.2 Å². The molecule has 0 saturated heterocycles. The zero-order valence-electron chi connectivity index (χ0n) is 3.39. The molecule has 0 saturated carbocycles. The molecule has 0 atom stereocenters. The molecule has 1 rings (SSSR count). The predicted octanol–water partition coefficient (Wildman–Crippen LogP) is 1.01. The van der Waals surface area contributed by atoms with Crippen LogP contribution >= 0.6 is 11.8 Å². The molecular formula is C4H6ClN. The molecule has 0 aromatic heterocycles. The van der Waals surface area contributed by atoms with Crippen LogP contribution in [0.1, 0.15) is 0 Å². The molecule has 0 amide bonds. The topological polar surface area (TPSA) is 3.24 Å². The summed E-state index contributed by atoms with van der Waals surface area (Å²) >= 11 is 5.48. The maximum Gasteiger partial charge on any atom is 0.0323 e. The van der Waals surface area contributed by atoms with E-state index < -0.39 is 0 Å². The molecule has 0 unspecified atom stereocenters. The fourth-order valence-electron chi connectivity index (χ4n) is 0.452. The normalized spacial score (nSPS) is 22.8. The molecule has 1 aliphatic heterocycles. The summed E-state index contributed by atoms with van der Waals surface area (Å²) in [5, 5.41) is 0. The Hall–Kier alpha value is -0.0100. The number of halogens is 1. The van der Waals surface area contributed by atoms with Gasteiger partial charge in [-0.1, -0.05) is 12.2 Å². The quantitative estimate of drug-likeness (QED) is 0.327. The van der Waals surface area contributed by atoms with Gasteiger partial charge in [-0.2, -0.15) is 0 Å². The van der Waals surface area contributed by atoms with Gasteiger partial charge in [0.25, 0.3) is 0 Å². The van der Waals surface area contributed by atoms with E-state index in [2.05, 4.69) is 0 Å². The standard InChI is InChI=1S/C4H6ClN/c5-6-3-1-2-4-6/h1-2H,3-4H2. The summed E-state index contributed by atoms with van der Waals surface area (Å²) in [6.45, 7) is 1.81. The zero-order chi connectivity index (χ0) is 4.41. The van der Waals surface area contributed by atoms with E-state index in [0.717, 1.165) is 13.1 Å². The second-order valence-electron chi connectivity index (χ2n) is 1.30. The highest BCUT2D eigenvalue weighted by Crippen LogP contribution is 1.99. The lowest BCUT2D eigenvalue weighted by molar-refractivity contribution is 0.590. The highest BCUT2D eigenvalue weighted by atomic mass is 35.5. The van der Waals surface area contributed by atoms with Crippen molar-refractivity contribution in [2.24, 2.45) is 0 Å². The van der Waals surface area contributed by atoms with Gasteiger partial charge < -0.3 is 0 Å². The first kappa shape index (κ1) is 4.16. The van der Waals surface area contributed by atoms with Crippen molar-refractivity contribution in [3.05, 3.63) is 12.2 Å². The van der Waals surface area contributed by atoms with E-state index >= 15 is 0 Å². The molecule has 0 aliphatic carbocycles. The summed E-state index contributed by atoms with van der Waals surface area (Å²) in [6.07, 6.45) is 4.10. The molecule has 0 bridgehead atoms. The van der Waals surface area contributed by atoms with Gasteiger partial charge in [-0.3, -0.25) is 0 Å². The van der Waals surface area contributed by atoms with Gasteiger partial charge in [0, 0.05) is 13.1 Å². The van der Waals surface area contributed by atoms with E-state index in [9.17, 15) is 0 Å². The van der Waals surface area contributed by atoms with Gasteiger partial charge in [-0.05, 0) is 11.8 Å². The second-order valence-corrected chi connectivity index (χ2v) is 1.78. The van der Waals surface area contributed by atoms with Crippen molar-refractivity contribution in [3.63, 3.8) is 0 Å². The number of nitrogens with zero attached hydrogens (tertiary/aromatic N) is 1. The average molecular weight is 104 g/mol. The lowest BCUT2D eigenvalue weighted by Gasteiger charge is -1.97. The van der Waals surface area contributed by atoms with Crippen LogP contribution in [0.5, 0.6) is 0 Å². The Morgan fingerprint density at radius 2 is 1.83 bits per heavy atom. The number of hydrogen-bond donors (Lipinski definition) is 0. The SMILES string of the molecule is ClN1CC=CC1.